The molecule has 0 aliphatic rings. The largest absolute Gasteiger partial charge is 0.480 e. The van der Waals surface area contributed by atoms with Crippen LogP contribution in [0.4, 0.5) is 5.69 Å². The zero-order valence-electron chi connectivity index (χ0n) is 13.0. The van der Waals surface area contributed by atoms with Crippen LogP contribution >= 0.6 is 11.8 Å². The van der Waals surface area contributed by atoms with Crippen LogP contribution < -0.4 is 5.32 Å². The van der Waals surface area contributed by atoms with Crippen molar-refractivity contribution in [3.8, 4) is 0 Å². The number of hydrogen-bond acceptors (Lipinski definition) is 5. The minimum Gasteiger partial charge on any atom is -0.480 e. The Labute approximate surface area is 138 Å². The standard InChI is InChI=1S/C15H20N2O5S/c1-3-4-5-13(15(19)20)16-14(18)10(2)23-12-8-6-11(7-9-12)17(21)22/h6-10,13H,3-5H2,1-2H3,(H,16,18)(H,19,20)/t10?,13-/m0/s1. The highest BCUT2D eigenvalue weighted by Gasteiger charge is 2.23. The number of amides is 1. The highest BCUT2D eigenvalue weighted by Crippen LogP contribution is 2.25. The molecule has 0 bridgehead atoms. The smallest absolute Gasteiger partial charge is 0.326 e. The molecule has 0 spiro atoms. The molecule has 0 aromatic heterocycles. The zero-order chi connectivity index (χ0) is 17.4. The van der Waals surface area contributed by atoms with Crippen LogP contribution in [0.1, 0.15) is 33.1 Å². The summed E-state index contributed by atoms with van der Waals surface area (Å²) in [5.74, 6) is -1.41. The fourth-order valence-corrected chi connectivity index (χ4v) is 2.74. The summed E-state index contributed by atoms with van der Waals surface area (Å²) in [5, 5.41) is 21.7. The van der Waals surface area contributed by atoms with Crippen LogP contribution in [0.3, 0.4) is 0 Å². The van der Waals surface area contributed by atoms with E-state index in [1.807, 2.05) is 6.92 Å². The Balaban J connectivity index is 2.61. The van der Waals surface area contributed by atoms with E-state index in [0.29, 0.717) is 11.3 Å². The summed E-state index contributed by atoms with van der Waals surface area (Å²) in [7, 11) is 0. The molecule has 0 heterocycles. The van der Waals surface area contributed by atoms with Gasteiger partial charge < -0.3 is 10.4 Å². The molecule has 0 aliphatic carbocycles. The van der Waals surface area contributed by atoms with Gasteiger partial charge in [-0.05, 0) is 25.5 Å². The van der Waals surface area contributed by atoms with Gasteiger partial charge in [0.15, 0.2) is 0 Å². The molecule has 0 radical (unpaired) electrons. The zero-order valence-corrected chi connectivity index (χ0v) is 13.8. The Morgan fingerprint density at radius 3 is 2.43 bits per heavy atom. The monoisotopic (exact) mass is 340 g/mol. The lowest BCUT2D eigenvalue weighted by atomic mass is 10.1. The molecule has 7 nitrogen and oxygen atoms in total. The second-order valence-electron chi connectivity index (χ2n) is 5.05. The molecule has 2 atom stereocenters. The maximum atomic E-state index is 12.1. The van der Waals surface area contributed by atoms with Crippen LogP contribution in [-0.4, -0.2) is 33.2 Å². The molecule has 1 rings (SSSR count). The van der Waals surface area contributed by atoms with Crippen LogP contribution in [0.25, 0.3) is 0 Å². The van der Waals surface area contributed by atoms with Crippen molar-refractivity contribution in [2.45, 2.75) is 49.3 Å². The number of rotatable bonds is 9. The third-order valence-corrected chi connectivity index (χ3v) is 4.30. The van der Waals surface area contributed by atoms with Crippen molar-refractivity contribution in [1.82, 2.24) is 5.32 Å². The van der Waals surface area contributed by atoms with Gasteiger partial charge in [0.25, 0.3) is 5.69 Å². The number of carboxylic acids is 1. The number of aliphatic carboxylic acids is 1. The summed E-state index contributed by atoms with van der Waals surface area (Å²) in [5.41, 5.74) is -0.0167. The SMILES string of the molecule is CCCC[C@H](NC(=O)C(C)Sc1ccc([N+](=O)[O-])cc1)C(=O)O. The van der Waals surface area contributed by atoms with E-state index in [-0.39, 0.29) is 11.6 Å². The quantitative estimate of drug-likeness (QED) is 0.406. The molecular formula is C15H20N2O5S. The fourth-order valence-electron chi connectivity index (χ4n) is 1.86. The van der Waals surface area contributed by atoms with E-state index < -0.39 is 22.2 Å². The van der Waals surface area contributed by atoms with Crippen LogP contribution in [0.2, 0.25) is 0 Å². The van der Waals surface area contributed by atoms with Gasteiger partial charge >= 0.3 is 5.97 Å². The van der Waals surface area contributed by atoms with Crippen LogP contribution in [-0.2, 0) is 9.59 Å². The average molecular weight is 340 g/mol. The van der Waals surface area contributed by atoms with E-state index in [9.17, 15) is 19.7 Å². The van der Waals surface area contributed by atoms with Crippen molar-refractivity contribution >= 4 is 29.3 Å². The summed E-state index contributed by atoms with van der Waals surface area (Å²) in [6.07, 6.45) is 1.97. The predicted molar refractivity (Wildman–Crippen MR) is 87.5 cm³/mol. The lowest BCUT2D eigenvalue weighted by molar-refractivity contribution is -0.384. The Kier molecular flexibility index (Phi) is 7.53. The topological polar surface area (TPSA) is 110 Å². The van der Waals surface area contributed by atoms with Gasteiger partial charge in [-0.15, -0.1) is 11.8 Å². The summed E-state index contributed by atoms with van der Waals surface area (Å²) < 4.78 is 0. The third-order valence-electron chi connectivity index (χ3n) is 3.19. The van der Waals surface area contributed by atoms with Crippen molar-refractivity contribution in [2.75, 3.05) is 0 Å². The van der Waals surface area contributed by atoms with Crippen molar-refractivity contribution in [2.24, 2.45) is 0 Å². The molecule has 0 saturated carbocycles. The normalized spacial score (nSPS) is 13.1. The highest BCUT2D eigenvalue weighted by molar-refractivity contribution is 8.00. The molecule has 1 unspecified atom stereocenters. The van der Waals surface area contributed by atoms with Gasteiger partial charge in [0.2, 0.25) is 5.91 Å². The number of carboxylic acid groups (broad SMARTS) is 1. The number of nitrogens with zero attached hydrogens (tertiary/aromatic N) is 1. The van der Waals surface area contributed by atoms with E-state index in [1.165, 1.54) is 23.9 Å². The number of carbonyl (C=O) groups excluding carboxylic acids is 1. The Morgan fingerprint density at radius 2 is 1.96 bits per heavy atom. The minimum atomic E-state index is -1.04. The molecule has 126 valence electrons. The summed E-state index contributed by atoms with van der Waals surface area (Å²) in [6, 6.07) is 4.99. The van der Waals surface area contributed by atoms with Gasteiger partial charge in [0.05, 0.1) is 10.2 Å². The van der Waals surface area contributed by atoms with Crippen molar-refractivity contribution in [3.63, 3.8) is 0 Å². The Bertz CT molecular complexity index is 561. The van der Waals surface area contributed by atoms with E-state index in [4.69, 9.17) is 5.11 Å². The molecule has 0 aliphatic heterocycles. The number of hydrogen-bond donors (Lipinski definition) is 2. The van der Waals surface area contributed by atoms with Crippen LogP contribution in [0.5, 0.6) is 0 Å². The molecule has 1 amide bonds. The average Bonchev–Trinajstić information content (AvgIpc) is 2.51. The highest BCUT2D eigenvalue weighted by atomic mass is 32.2. The summed E-state index contributed by atoms with van der Waals surface area (Å²) >= 11 is 1.22. The Hall–Kier alpha value is -2.09. The maximum Gasteiger partial charge on any atom is 0.326 e. The first-order valence-electron chi connectivity index (χ1n) is 7.29. The lowest BCUT2D eigenvalue weighted by Crippen LogP contribution is -2.43. The van der Waals surface area contributed by atoms with E-state index >= 15 is 0 Å². The molecule has 1 aromatic carbocycles. The number of non-ortho nitro benzene ring substituents is 1. The fraction of sp³-hybridized carbons (Fsp3) is 0.467. The summed E-state index contributed by atoms with van der Waals surface area (Å²) in [4.78, 5) is 34.0. The van der Waals surface area contributed by atoms with Gasteiger partial charge in [0.1, 0.15) is 6.04 Å². The van der Waals surface area contributed by atoms with Gasteiger partial charge in [0, 0.05) is 17.0 Å². The van der Waals surface area contributed by atoms with Crippen molar-refractivity contribution in [3.05, 3.63) is 34.4 Å². The van der Waals surface area contributed by atoms with E-state index in [2.05, 4.69) is 5.32 Å². The number of benzene rings is 1. The third kappa shape index (κ3) is 6.27. The number of nitro groups is 1. The van der Waals surface area contributed by atoms with Gasteiger partial charge in [-0.3, -0.25) is 14.9 Å². The van der Waals surface area contributed by atoms with Crippen molar-refractivity contribution in [1.29, 1.82) is 0 Å². The lowest BCUT2D eigenvalue weighted by Gasteiger charge is -2.17. The van der Waals surface area contributed by atoms with Gasteiger partial charge in [-0.1, -0.05) is 19.8 Å². The van der Waals surface area contributed by atoms with E-state index in [0.717, 1.165) is 12.8 Å². The molecule has 23 heavy (non-hydrogen) atoms. The molecule has 0 fully saturated rings. The van der Waals surface area contributed by atoms with Crippen LogP contribution in [0, 0.1) is 10.1 Å². The second kappa shape index (κ2) is 9.14. The second-order valence-corrected chi connectivity index (χ2v) is 6.47. The van der Waals surface area contributed by atoms with Gasteiger partial charge in [-0.25, -0.2) is 4.79 Å². The number of nitro benzene ring substituents is 1. The van der Waals surface area contributed by atoms with Crippen molar-refractivity contribution < 1.29 is 19.6 Å². The molecule has 8 heteroatoms. The number of thioether (sulfide) groups is 1. The maximum absolute atomic E-state index is 12.1. The molecule has 1 aromatic rings. The minimum absolute atomic E-state index is 0.0167. The first-order chi connectivity index (χ1) is 10.8. The number of nitrogens with one attached hydrogen (secondary N) is 1. The first kappa shape index (κ1) is 19.0. The molecule has 2 N–H and O–H groups in total. The summed E-state index contributed by atoms with van der Waals surface area (Å²) in [6.45, 7) is 3.62. The van der Waals surface area contributed by atoms with Gasteiger partial charge in [-0.2, -0.15) is 0 Å². The van der Waals surface area contributed by atoms with E-state index in [1.54, 1.807) is 19.1 Å². The number of unbranched alkanes of at least 4 members (excludes halogenated alkanes) is 1. The molecule has 0 saturated heterocycles. The predicted octanol–water partition coefficient (Wildman–Crippen LogP) is 2.84. The number of carbonyl (C=O) groups is 2. The molecular weight excluding hydrogens is 320 g/mol. The first-order valence-corrected chi connectivity index (χ1v) is 8.17. The Morgan fingerprint density at radius 1 is 1.35 bits per heavy atom. The van der Waals surface area contributed by atoms with Crippen LogP contribution in [0.15, 0.2) is 29.2 Å².